The number of rotatable bonds is 8. The van der Waals surface area contributed by atoms with Gasteiger partial charge in [0.1, 0.15) is 6.04 Å². The molecule has 0 bridgehead atoms. The molecule has 5 heteroatoms. The Hall–Kier alpha value is -1.43. The van der Waals surface area contributed by atoms with E-state index in [1.807, 2.05) is 30.3 Å². The summed E-state index contributed by atoms with van der Waals surface area (Å²) in [5.41, 5.74) is 0.954. The average Bonchev–Trinajstić information content (AvgIpc) is 2.62. The van der Waals surface area contributed by atoms with Crippen LogP contribution in [0.2, 0.25) is 0 Å². The van der Waals surface area contributed by atoms with Crippen molar-refractivity contribution in [2.45, 2.75) is 32.4 Å². The van der Waals surface area contributed by atoms with Crippen LogP contribution in [0.5, 0.6) is 0 Å². The van der Waals surface area contributed by atoms with Crippen molar-refractivity contribution >= 4 is 5.97 Å². The maximum atomic E-state index is 12.0. The molecular formula is C19H31N3O2. The van der Waals surface area contributed by atoms with E-state index in [0.29, 0.717) is 6.04 Å². The van der Waals surface area contributed by atoms with Crippen LogP contribution in [0.25, 0.3) is 0 Å². The first-order valence-electron chi connectivity index (χ1n) is 8.94. The van der Waals surface area contributed by atoms with Crippen LogP contribution in [-0.2, 0) is 9.53 Å². The molecule has 2 rings (SSSR count). The van der Waals surface area contributed by atoms with E-state index in [1.165, 1.54) is 7.11 Å². The molecule has 1 N–H and O–H groups in total. The Morgan fingerprint density at radius 2 is 1.83 bits per heavy atom. The highest BCUT2D eigenvalue weighted by atomic mass is 16.5. The summed E-state index contributed by atoms with van der Waals surface area (Å²) in [7, 11) is 1.44. The summed E-state index contributed by atoms with van der Waals surface area (Å²) in [5.74, 6) is -0.230. The van der Waals surface area contributed by atoms with Crippen LogP contribution < -0.4 is 5.32 Å². The molecule has 0 radical (unpaired) electrons. The van der Waals surface area contributed by atoms with E-state index in [0.717, 1.165) is 51.3 Å². The third-order valence-corrected chi connectivity index (χ3v) is 4.71. The topological polar surface area (TPSA) is 44.8 Å². The SMILES string of the molecule is COC(=O)[C@H](NCCCN1CCN(C(C)C)CC1)c1ccccc1. The van der Waals surface area contributed by atoms with Gasteiger partial charge in [0.25, 0.3) is 0 Å². The summed E-state index contributed by atoms with van der Waals surface area (Å²) in [4.78, 5) is 17.0. The maximum Gasteiger partial charge on any atom is 0.327 e. The van der Waals surface area contributed by atoms with Gasteiger partial charge in [0.15, 0.2) is 0 Å². The number of nitrogens with zero attached hydrogens (tertiary/aromatic N) is 2. The van der Waals surface area contributed by atoms with Gasteiger partial charge < -0.3 is 15.0 Å². The summed E-state index contributed by atoms with van der Waals surface area (Å²) >= 11 is 0. The van der Waals surface area contributed by atoms with Crippen LogP contribution in [0.4, 0.5) is 0 Å². The van der Waals surface area contributed by atoms with Gasteiger partial charge in [-0.25, -0.2) is 4.79 Å². The molecule has 1 heterocycles. The minimum absolute atomic E-state index is 0.230. The molecule has 1 atom stereocenters. The van der Waals surface area contributed by atoms with Crippen molar-refractivity contribution in [3.05, 3.63) is 35.9 Å². The normalized spacial score (nSPS) is 17.8. The van der Waals surface area contributed by atoms with E-state index in [-0.39, 0.29) is 12.0 Å². The van der Waals surface area contributed by atoms with Gasteiger partial charge in [0, 0.05) is 32.2 Å². The molecule has 1 aliphatic rings. The van der Waals surface area contributed by atoms with Gasteiger partial charge in [0.2, 0.25) is 0 Å². The number of piperazine rings is 1. The Labute approximate surface area is 146 Å². The zero-order chi connectivity index (χ0) is 17.4. The van der Waals surface area contributed by atoms with Crippen LogP contribution in [-0.4, -0.2) is 68.2 Å². The summed E-state index contributed by atoms with van der Waals surface area (Å²) < 4.78 is 4.93. The van der Waals surface area contributed by atoms with Crippen LogP contribution >= 0.6 is 0 Å². The number of hydrogen-bond acceptors (Lipinski definition) is 5. The van der Waals surface area contributed by atoms with Gasteiger partial charge in [-0.2, -0.15) is 0 Å². The lowest BCUT2D eigenvalue weighted by atomic mass is 10.1. The lowest BCUT2D eigenvalue weighted by molar-refractivity contribution is -0.143. The summed E-state index contributed by atoms with van der Waals surface area (Å²) in [6.07, 6.45) is 1.03. The molecule has 0 unspecified atom stereocenters. The standard InChI is InChI=1S/C19H31N3O2/c1-16(2)22-14-12-21(13-15-22)11-7-10-20-18(19(23)24-3)17-8-5-4-6-9-17/h4-6,8-9,16,18,20H,7,10-15H2,1-3H3/t18-/m1/s1. The molecule has 0 saturated carbocycles. The van der Waals surface area contributed by atoms with E-state index in [9.17, 15) is 4.79 Å². The number of hydrogen-bond donors (Lipinski definition) is 1. The molecule has 5 nitrogen and oxygen atoms in total. The lowest BCUT2D eigenvalue weighted by Gasteiger charge is -2.37. The summed E-state index contributed by atoms with van der Waals surface area (Å²) in [6, 6.07) is 10.0. The highest BCUT2D eigenvalue weighted by molar-refractivity contribution is 5.77. The molecule has 1 aromatic carbocycles. The molecule has 0 aliphatic carbocycles. The second-order valence-electron chi connectivity index (χ2n) is 6.65. The smallest absolute Gasteiger partial charge is 0.327 e. The summed E-state index contributed by atoms with van der Waals surface area (Å²) in [5, 5.41) is 3.34. The molecule has 0 aromatic heterocycles. The lowest BCUT2D eigenvalue weighted by Crippen LogP contribution is -2.49. The van der Waals surface area contributed by atoms with Crippen molar-refractivity contribution in [3.8, 4) is 0 Å². The first-order chi connectivity index (χ1) is 11.6. The minimum atomic E-state index is -0.381. The number of esters is 1. The van der Waals surface area contributed by atoms with E-state index >= 15 is 0 Å². The zero-order valence-corrected chi connectivity index (χ0v) is 15.2. The van der Waals surface area contributed by atoms with E-state index in [1.54, 1.807) is 0 Å². The van der Waals surface area contributed by atoms with E-state index in [4.69, 9.17) is 4.74 Å². The second-order valence-corrected chi connectivity index (χ2v) is 6.65. The monoisotopic (exact) mass is 333 g/mol. The molecular weight excluding hydrogens is 302 g/mol. The van der Waals surface area contributed by atoms with Gasteiger partial charge in [-0.15, -0.1) is 0 Å². The number of methoxy groups -OCH3 is 1. The molecule has 1 saturated heterocycles. The van der Waals surface area contributed by atoms with E-state index < -0.39 is 0 Å². The third kappa shape index (κ3) is 5.58. The molecule has 1 aliphatic heterocycles. The van der Waals surface area contributed by atoms with Crippen molar-refractivity contribution in [3.63, 3.8) is 0 Å². The highest BCUT2D eigenvalue weighted by Crippen LogP contribution is 2.14. The summed E-state index contributed by atoms with van der Waals surface area (Å²) in [6.45, 7) is 11.0. The molecule has 1 aromatic rings. The molecule has 24 heavy (non-hydrogen) atoms. The Balaban J connectivity index is 1.73. The van der Waals surface area contributed by atoms with Gasteiger partial charge in [-0.1, -0.05) is 30.3 Å². The van der Waals surface area contributed by atoms with Crippen LogP contribution in [0.3, 0.4) is 0 Å². The largest absolute Gasteiger partial charge is 0.468 e. The van der Waals surface area contributed by atoms with Gasteiger partial charge in [-0.3, -0.25) is 4.90 Å². The Morgan fingerprint density at radius 3 is 2.42 bits per heavy atom. The fourth-order valence-electron chi connectivity index (χ4n) is 3.15. The van der Waals surface area contributed by atoms with E-state index in [2.05, 4.69) is 29.0 Å². The average molecular weight is 333 g/mol. The minimum Gasteiger partial charge on any atom is -0.468 e. The molecule has 0 spiro atoms. The maximum absolute atomic E-state index is 12.0. The Bertz CT molecular complexity index is 485. The number of benzene rings is 1. The van der Waals surface area contributed by atoms with Crippen LogP contribution in [0, 0.1) is 0 Å². The molecule has 0 amide bonds. The second kappa shape index (κ2) is 9.77. The van der Waals surface area contributed by atoms with Gasteiger partial charge in [-0.05, 0) is 38.9 Å². The Morgan fingerprint density at radius 1 is 1.17 bits per heavy atom. The van der Waals surface area contributed by atoms with Gasteiger partial charge >= 0.3 is 5.97 Å². The fraction of sp³-hybridized carbons (Fsp3) is 0.632. The zero-order valence-electron chi connectivity index (χ0n) is 15.2. The number of carbonyl (C=O) groups excluding carboxylic acids is 1. The highest BCUT2D eigenvalue weighted by Gasteiger charge is 2.21. The van der Waals surface area contributed by atoms with Crippen molar-refractivity contribution in [2.75, 3.05) is 46.4 Å². The van der Waals surface area contributed by atoms with Gasteiger partial charge in [0.05, 0.1) is 7.11 Å². The number of nitrogens with one attached hydrogen (secondary N) is 1. The van der Waals surface area contributed by atoms with Crippen molar-refractivity contribution in [2.24, 2.45) is 0 Å². The van der Waals surface area contributed by atoms with Crippen molar-refractivity contribution < 1.29 is 9.53 Å². The quantitative estimate of drug-likeness (QED) is 0.581. The molecule has 1 fully saturated rings. The van der Waals surface area contributed by atoms with Crippen LogP contribution in [0.1, 0.15) is 31.9 Å². The number of carbonyl (C=O) groups is 1. The molecule has 134 valence electrons. The predicted octanol–water partition coefficient (Wildman–Crippen LogP) is 1.91. The van der Waals surface area contributed by atoms with Crippen molar-refractivity contribution in [1.82, 2.24) is 15.1 Å². The fourth-order valence-corrected chi connectivity index (χ4v) is 3.15. The first kappa shape index (κ1) is 18.9. The van der Waals surface area contributed by atoms with Crippen molar-refractivity contribution in [1.29, 1.82) is 0 Å². The number of ether oxygens (including phenoxy) is 1. The third-order valence-electron chi connectivity index (χ3n) is 4.71. The van der Waals surface area contributed by atoms with Crippen LogP contribution in [0.15, 0.2) is 30.3 Å². The first-order valence-corrected chi connectivity index (χ1v) is 8.94. The Kier molecular flexibility index (Phi) is 7.69. The predicted molar refractivity (Wildman–Crippen MR) is 97.0 cm³/mol.